The molecule has 0 bridgehead atoms. The van der Waals surface area contributed by atoms with Crippen molar-refractivity contribution in [3.63, 3.8) is 0 Å². The Hall–Kier alpha value is -2.66. The van der Waals surface area contributed by atoms with Gasteiger partial charge in [0.25, 0.3) is 0 Å². The summed E-state index contributed by atoms with van der Waals surface area (Å²) in [5.74, 6) is -3.62. The van der Waals surface area contributed by atoms with Crippen molar-refractivity contribution in [2.45, 2.75) is 36.3 Å². The van der Waals surface area contributed by atoms with Crippen LogP contribution in [0.15, 0.2) is 0 Å². The largest absolute Gasteiger partial charge is 0.480 e. The van der Waals surface area contributed by atoms with Gasteiger partial charge in [0.05, 0.1) is 32.8 Å². The standard InChI is InChI=1S/C27H48N6O13S/c34-17-18-24(43)25(44)26(45)27(46-18)47-12-1-19(35)28-2-3-29-20(36)13-30-4-6-31(14-21(37)38)8-10-33(16-23(41)42)11-9-32(7-5-30)15-22(39)40/h18,24-27,34,43-45H,1-17H2,(H,28,35)(H,29,36)(H,37,38)(H,39,40)(H,41,42)/t18-,24+,25+,26-,27+/m1/s1. The number of carbonyl (C=O) groups is 5. The van der Waals surface area contributed by atoms with Crippen molar-refractivity contribution in [2.75, 3.05) is 104 Å². The Labute approximate surface area is 276 Å². The quantitative estimate of drug-likeness (QED) is 0.0681. The highest BCUT2D eigenvalue weighted by molar-refractivity contribution is 7.99. The van der Waals surface area contributed by atoms with Crippen LogP contribution in [0.25, 0.3) is 0 Å². The first-order valence-corrected chi connectivity index (χ1v) is 16.3. The molecule has 0 saturated carbocycles. The zero-order valence-electron chi connectivity index (χ0n) is 26.2. The molecule has 47 heavy (non-hydrogen) atoms. The first kappa shape index (κ1) is 40.5. The normalized spacial score (nSPS) is 26.1. The molecule has 0 unspecified atom stereocenters. The summed E-state index contributed by atoms with van der Waals surface area (Å²) >= 11 is 1.05. The SMILES string of the molecule is O=C(O)CN1CCN(CC(=O)O)CCN(CC(=O)NCCNC(=O)CCS[C@@H]2O[C@H](CO)[C@H](O)[C@H](O)[C@H]2O)CCN(CC(=O)O)CC1. The van der Waals surface area contributed by atoms with E-state index in [1.54, 1.807) is 19.6 Å². The zero-order valence-corrected chi connectivity index (χ0v) is 27.0. The van der Waals surface area contributed by atoms with Crippen molar-refractivity contribution in [3.05, 3.63) is 0 Å². The van der Waals surface area contributed by atoms with Crippen LogP contribution in [0.5, 0.6) is 0 Å². The minimum atomic E-state index is -1.50. The van der Waals surface area contributed by atoms with Crippen LogP contribution in [0.3, 0.4) is 0 Å². The molecule has 20 heteroatoms. The van der Waals surface area contributed by atoms with Gasteiger partial charge in [0.1, 0.15) is 29.9 Å². The summed E-state index contributed by atoms with van der Waals surface area (Å²) in [5.41, 5.74) is -0.942. The number of thioether (sulfide) groups is 1. The molecule has 2 rings (SSSR count). The van der Waals surface area contributed by atoms with E-state index in [1.807, 2.05) is 0 Å². The topological polar surface area (TPSA) is 273 Å². The number of carboxylic acids is 3. The van der Waals surface area contributed by atoms with Gasteiger partial charge in [-0.25, -0.2) is 0 Å². The molecule has 0 aliphatic carbocycles. The lowest BCUT2D eigenvalue weighted by atomic mass is 10.0. The smallest absolute Gasteiger partial charge is 0.317 e. The molecule has 2 fully saturated rings. The van der Waals surface area contributed by atoms with E-state index in [9.17, 15) is 59.7 Å². The molecular formula is C27H48N6O13S. The Morgan fingerprint density at radius 3 is 1.43 bits per heavy atom. The molecular weight excluding hydrogens is 648 g/mol. The first-order valence-electron chi connectivity index (χ1n) is 15.3. The van der Waals surface area contributed by atoms with Crippen LogP contribution < -0.4 is 10.6 Å². The Bertz CT molecular complexity index is 996. The number of hydrogen-bond acceptors (Lipinski definition) is 15. The summed E-state index contributed by atoms with van der Waals surface area (Å²) in [5, 5.41) is 72.4. The molecule has 0 aromatic carbocycles. The van der Waals surface area contributed by atoms with Crippen molar-refractivity contribution >= 4 is 41.5 Å². The lowest BCUT2D eigenvalue weighted by Crippen LogP contribution is -2.57. The van der Waals surface area contributed by atoms with Crippen molar-refractivity contribution in [1.82, 2.24) is 30.2 Å². The molecule has 2 aliphatic heterocycles. The molecule has 9 N–H and O–H groups in total. The Morgan fingerprint density at radius 2 is 1.02 bits per heavy atom. The highest BCUT2D eigenvalue weighted by Crippen LogP contribution is 2.28. The van der Waals surface area contributed by atoms with E-state index in [0.717, 1.165) is 11.8 Å². The van der Waals surface area contributed by atoms with Gasteiger partial charge in [0.15, 0.2) is 0 Å². The van der Waals surface area contributed by atoms with Gasteiger partial charge in [0, 0.05) is 77.6 Å². The number of rotatable bonds is 16. The van der Waals surface area contributed by atoms with E-state index in [2.05, 4.69) is 10.6 Å². The van der Waals surface area contributed by atoms with Crippen molar-refractivity contribution in [2.24, 2.45) is 0 Å². The van der Waals surface area contributed by atoms with Gasteiger partial charge < -0.3 is 51.1 Å². The fourth-order valence-corrected chi connectivity index (χ4v) is 6.12. The molecule has 2 saturated heterocycles. The van der Waals surface area contributed by atoms with Gasteiger partial charge in [0.2, 0.25) is 11.8 Å². The van der Waals surface area contributed by atoms with Crippen molar-refractivity contribution in [3.8, 4) is 0 Å². The summed E-state index contributed by atoms with van der Waals surface area (Å²) in [4.78, 5) is 65.9. The van der Waals surface area contributed by atoms with Gasteiger partial charge in [-0.3, -0.25) is 43.6 Å². The minimum absolute atomic E-state index is 0.0369. The van der Waals surface area contributed by atoms with Crippen LogP contribution >= 0.6 is 11.8 Å². The van der Waals surface area contributed by atoms with Crippen molar-refractivity contribution < 1.29 is 64.5 Å². The number of carbonyl (C=O) groups excluding carboxylic acids is 2. The summed E-state index contributed by atoms with van der Waals surface area (Å²) < 4.78 is 5.39. The molecule has 0 aromatic heterocycles. The number of nitrogens with one attached hydrogen (secondary N) is 2. The number of carboxylic acid groups (broad SMARTS) is 3. The summed E-state index contributed by atoms with van der Waals surface area (Å²) in [6, 6.07) is 0. The van der Waals surface area contributed by atoms with E-state index in [-0.39, 0.29) is 103 Å². The molecule has 0 radical (unpaired) electrons. The number of ether oxygens (including phenoxy) is 1. The molecule has 2 aliphatic rings. The third-order valence-electron chi connectivity index (χ3n) is 7.60. The molecule has 0 spiro atoms. The average molecular weight is 697 g/mol. The summed E-state index contributed by atoms with van der Waals surface area (Å²) in [6.07, 6.45) is -5.36. The predicted octanol–water partition coefficient (Wildman–Crippen LogP) is -5.38. The van der Waals surface area contributed by atoms with Crippen molar-refractivity contribution in [1.29, 1.82) is 0 Å². The number of hydrogen-bond donors (Lipinski definition) is 9. The maximum Gasteiger partial charge on any atom is 0.317 e. The van der Waals surface area contributed by atoms with E-state index in [0.29, 0.717) is 13.1 Å². The molecule has 270 valence electrons. The number of amides is 2. The van der Waals surface area contributed by atoms with Crippen LogP contribution in [0, 0.1) is 0 Å². The van der Waals surface area contributed by atoms with Gasteiger partial charge in [-0.2, -0.15) is 0 Å². The number of aliphatic hydroxyl groups is 4. The molecule has 19 nitrogen and oxygen atoms in total. The van der Waals surface area contributed by atoms with Crippen LogP contribution in [0.4, 0.5) is 0 Å². The highest BCUT2D eigenvalue weighted by atomic mass is 32.2. The van der Waals surface area contributed by atoms with Gasteiger partial charge in [-0.15, -0.1) is 11.8 Å². The predicted molar refractivity (Wildman–Crippen MR) is 166 cm³/mol. The minimum Gasteiger partial charge on any atom is -0.480 e. The van der Waals surface area contributed by atoms with E-state index in [4.69, 9.17) is 4.74 Å². The third kappa shape index (κ3) is 15.9. The lowest BCUT2D eigenvalue weighted by molar-refractivity contribution is -0.205. The monoisotopic (exact) mass is 696 g/mol. The zero-order chi connectivity index (χ0) is 34.9. The second-order valence-corrected chi connectivity index (χ2v) is 12.5. The Morgan fingerprint density at radius 1 is 0.617 bits per heavy atom. The third-order valence-corrected chi connectivity index (χ3v) is 8.76. The van der Waals surface area contributed by atoms with Crippen LogP contribution in [-0.4, -0.2) is 219 Å². The molecule has 5 atom stereocenters. The van der Waals surface area contributed by atoms with E-state index in [1.165, 1.54) is 0 Å². The fraction of sp³-hybridized carbons (Fsp3) is 0.815. The van der Waals surface area contributed by atoms with Gasteiger partial charge >= 0.3 is 17.9 Å². The summed E-state index contributed by atoms with van der Waals surface area (Å²) in [7, 11) is 0. The van der Waals surface area contributed by atoms with Gasteiger partial charge in [-0.05, 0) is 0 Å². The Kier molecular flexibility index (Phi) is 18.4. The first-order chi connectivity index (χ1) is 22.3. The maximum atomic E-state index is 12.7. The maximum absolute atomic E-state index is 12.7. The molecule has 2 heterocycles. The van der Waals surface area contributed by atoms with Crippen LogP contribution in [-0.2, 0) is 28.7 Å². The second kappa shape index (κ2) is 21.3. The fourth-order valence-electron chi connectivity index (χ4n) is 5.01. The number of nitrogens with zero attached hydrogens (tertiary/aromatic N) is 4. The number of aliphatic carboxylic acids is 3. The summed E-state index contributed by atoms with van der Waals surface area (Å²) in [6.45, 7) is 1.02. The average Bonchev–Trinajstić information content (AvgIpc) is 2.99. The van der Waals surface area contributed by atoms with Crippen LogP contribution in [0.1, 0.15) is 6.42 Å². The number of aliphatic hydroxyl groups excluding tert-OH is 4. The molecule has 2 amide bonds. The van der Waals surface area contributed by atoms with E-state index >= 15 is 0 Å². The second-order valence-electron chi connectivity index (χ2n) is 11.3. The lowest BCUT2D eigenvalue weighted by Gasteiger charge is -2.39. The van der Waals surface area contributed by atoms with Gasteiger partial charge in [-0.1, -0.05) is 0 Å². The van der Waals surface area contributed by atoms with Crippen LogP contribution in [0.2, 0.25) is 0 Å². The van der Waals surface area contributed by atoms with E-state index < -0.39 is 54.4 Å². The Balaban J connectivity index is 1.83. The molecule has 0 aromatic rings. The highest BCUT2D eigenvalue weighted by Gasteiger charge is 2.43.